The van der Waals surface area contributed by atoms with Crippen molar-refractivity contribution < 1.29 is 13.6 Å². The van der Waals surface area contributed by atoms with Crippen LogP contribution in [0.3, 0.4) is 0 Å². The summed E-state index contributed by atoms with van der Waals surface area (Å²) < 4.78 is 24.1. The lowest BCUT2D eigenvalue weighted by molar-refractivity contribution is 0.227. The van der Waals surface area contributed by atoms with Crippen LogP contribution in [0, 0.1) is 0 Å². The van der Waals surface area contributed by atoms with Gasteiger partial charge in [-0.15, -0.1) is 0 Å². The highest BCUT2D eigenvalue weighted by Crippen LogP contribution is 2.60. The van der Waals surface area contributed by atoms with E-state index >= 15 is 0 Å². The lowest BCUT2D eigenvalue weighted by atomic mass is 10.3. The molecule has 1 aliphatic heterocycles. The van der Waals surface area contributed by atoms with Crippen molar-refractivity contribution in [1.29, 1.82) is 0 Å². The topological polar surface area (TPSA) is 47.6 Å². The summed E-state index contributed by atoms with van der Waals surface area (Å²) in [6.07, 6.45) is 7.59. The highest BCUT2D eigenvalue weighted by atomic mass is 31.2. The summed E-state index contributed by atoms with van der Waals surface area (Å²) in [5, 5.41) is 3.16. The van der Waals surface area contributed by atoms with Gasteiger partial charge in [-0.2, -0.15) is 0 Å². The highest BCUT2D eigenvalue weighted by molar-refractivity contribution is 7.62. The second-order valence-corrected chi connectivity index (χ2v) is 12.6. The fourth-order valence-corrected chi connectivity index (χ4v) is 8.09. The zero-order chi connectivity index (χ0) is 14.5. The smallest absolute Gasteiger partial charge is 0.355 e. The van der Waals surface area contributed by atoms with Crippen molar-refractivity contribution in [2.45, 2.75) is 33.5 Å². The summed E-state index contributed by atoms with van der Waals surface area (Å²) in [7, 11) is -5.09. The summed E-state index contributed by atoms with van der Waals surface area (Å²) in [5.41, 5.74) is 0.854. The van der Waals surface area contributed by atoms with Gasteiger partial charge in [0.15, 0.2) is 0 Å². The van der Waals surface area contributed by atoms with E-state index in [2.05, 4.69) is 25.0 Å². The Kier molecular flexibility index (Phi) is 5.80. The van der Waals surface area contributed by atoms with Crippen LogP contribution >= 0.6 is 7.60 Å². The molecular weight excluding hydrogens is 277 g/mol. The van der Waals surface area contributed by atoms with Crippen LogP contribution in [-0.4, -0.2) is 21.3 Å². The molecule has 108 valence electrons. The normalized spacial score (nSPS) is 18.4. The standard InChI is InChI=1S/C13H24NO3PSi/c1-6-16-18(15,17-7-2)13(19(3,4)5)12-10-8-9-11-14-12/h8-11,14H,6-7H2,1-5H3. The average Bonchev–Trinajstić information content (AvgIpc) is 2.28. The zero-order valence-corrected chi connectivity index (χ0v) is 14.3. The van der Waals surface area contributed by atoms with Crippen molar-refractivity contribution in [2.24, 2.45) is 0 Å². The molecule has 0 aromatic carbocycles. The van der Waals surface area contributed by atoms with Crippen molar-refractivity contribution in [2.75, 3.05) is 13.2 Å². The monoisotopic (exact) mass is 301 g/mol. The minimum absolute atomic E-state index is 0.373. The lowest BCUT2D eigenvalue weighted by Gasteiger charge is -2.30. The Morgan fingerprint density at radius 3 is 2.16 bits per heavy atom. The molecule has 0 atom stereocenters. The van der Waals surface area contributed by atoms with Crippen molar-refractivity contribution in [1.82, 2.24) is 5.32 Å². The van der Waals surface area contributed by atoms with Crippen LogP contribution in [0.2, 0.25) is 19.6 Å². The number of nitrogens with one attached hydrogen (secondary N) is 1. The van der Waals surface area contributed by atoms with Gasteiger partial charge in [-0.3, -0.25) is 4.57 Å². The third-order valence-electron chi connectivity index (χ3n) is 2.55. The molecule has 19 heavy (non-hydrogen) atoms. The first-order valence-electron chi connectivity index (χ1n) is 6.59. The molecule has 1 N–H and O–H groups in total. The summed E-state index contributed by atoms with van der Waals surface area (Å²) in [6.45, 7) is 10.9. The Labute approximate surface area is 117 Å². The highest BCUT2D eigenvalue weighted by Gasteiger charge is 2.40. The first kappa shape index (κ1) is 16.4. The molecule has 0 amide bonds. The van der Waals surface area contributed by atoms with Crippen LogP contribution in [0.4, 0.5) is 0 Å². The molecule has 4 nitrogen and oxygen atoms in total. The van der Waals surface area contributed by atoms with Gasteiger partial charge in [-0.1, -0.05) is 25.7 Å². The molecule has 0 saturated carbocycles. The van der Waals surface area contributed by atoms with Gasteiger partial charge in [0.2, 0.25) is 0 Å². The molecule has 0 unspecified atom stereocenters. The van der Waals surface area contributed by atoms with E-state index in [1.807, 2.05) is 38.3 Å². The third-order valence-corrected chi connectivity index (χ3v) is 9.06. The van der Waals surface area contributed by atoms with Gasteiger partial charge in [0.05, 0.1) is 26.2 Å². The minimum atomic E-state index is -3.23. The van der Waals surface area contributed by atoms with E-state index in [-0.39, 0.29) is 0 Å². The van der Waals surface area contributed by atoms with Crippen LogP contribution in [0.5, 0.6) is 0 Å². The van der Waals surface area contributed by atoms with Crippen LogP contribution < -0.4 is 5.32 Å². The Balaban J connectivity index is 3.35. The van der Waals surface area contributed by atoms with Crippen molar-refractivity contribution >= 4 is 15.7 Å². The number of allylic oxidation sites excluding steroid dienone is 3. The van der Waals surface area contributed by atoms with E-state index in [1.54, 1.807) is 0 Å². The maximum atomic E-state index is 13.1. The van der Waals surface area contributed by atoms with Crippen molar-refractivity contribution in [3.8, 4) is 0 Å². The van der Waals surface area contributed by atoms with E-state index in [0.29, 0.717) is 13.2 Å². The Morgan fingerprint density at radius 1 is 1.21 bits per heavy atom. The zero-order valence-electron chi connectivity index (χ0n) is 12.4. The molecule has 1 rings (SSSR count). The Hall–Kier alpha value is -0.613. The van der Waals surface area contributed by atoms with Crippen molar-refractivity contribution in [3.05, 3.63) is 35.1 Å². The largest absolute Gasteiger partial charge is 0.362 e. The second kappa shape index (κ2) is 6.71. The summed E-state index contributed by atoms with van der Waals surface area (Å²) in [5.74, 6) is 0. The molecule has 6 heteroatoms. The van der Waals surface area contributed by atoms with Crippen LogP contribution in [-0.2, 0) is 13.6 Å². The van der Waals surface area contributed by atoms with E-state index in [9.17, 15) is 4.57 Å². The summed E-state index contributed by atoms with van der Waals surface area (Å²) in [4.78, 5) is 0.823. The fraction of sp³-hybridized carbons (Fsp3) is 0.538. The predicted octanol–water partition coefficient (Wildman–Crippen LogP) is 4.01. The molecule has 0 bridgehead atoms. The van der Waals surface area contributed by atoms with Crippen molar-refractivity contribution in [3.63, 3.8) is 0 Å². The fourth-order valence-electron chi connectivity index (χ4n) is 2.01. The maximum Gasteiger partial charge on any atom is 0.355 e. The molecule has 0 aromatic heterocycles. The van der Waals surface area contributed by atoms with Gasteiger partial charge in [-0.25, -0.2) is 0 Å². The SMILES string of the molecule is CCOP(=O)(OCC)C(=C1C=CC=CN1)[Si](C)(C)C. The van der Waals surface area contributed by atoms with Crippen LogP contribution in [0.25, 0.3) is 0 Å². The molecule has 0 aromatic rings. The van der Waals surface area contributed by atoms with Gasteiger partial charge in [-0.05, 0) is 26.0 Å². The van der Waals surface area contributed by atoms with Crippen LogP contribution in [0.15, 0.2) is 35.1 Å². The number of hydrogen-bond acceptors (Lipinski definition) is 4. The van der Waals surface area contributed by atoms with Gasteiger partial charge in [0, 0.05) is 11.9 Å². The van der Waals surface area contributed by atoms with E-state index < -0.39 is 15.7 Å². The third kappa shape index (κ3) is 4.18. The van der Waals surface area contributed by atoms with Crippen LogP contribution in [0.1, 0.15) is 13.8 Å². The molecule has 0 aliphatic carbocycles. The van der Waals surface area contributed by atoms with E-state index in [4.69, 9.17) is 9.05 Å². The molecule has 0 spiro atoms. The number of rotatable bonds is 6. The average molecular weight is 301 g/mol. The van der Waals surface area contributed by atoms with Gasteiger partial charge in [0.1, 0.15) is 0 Å². The maximum absolute atomic E-state index is 13.1. The second-order valence-electron chi connectivity index (χ2n) is 5.21. The summed E-state index contributed by atoms with van der Waals surface area (Å²) >= 11 is 0. The van der Waals surface area contributed by atoms with E-state index in [1.165, 1.54) is 0 Å². The van der Waals surface area contributed by atoms with Gasteiger partial charge >= 0.3 is 7.60 Å². The quantitative estimate of drug-likeness (QED) is 0.595. The Bertz CT molecular complexity index is 439. The molecule has 0 radical (unpaired) electrons. The molecule has 1 heterocycles. The molecule has 0 saturated heterocycles. The summed E-state index contributed by atoms with van der Waals surface area (Å²) in [6, 6.07) is 0. The lowest BCUT2D eigenvalue weighted by Crippen LogP contribution is -2.29. The Morgan fingerprint density at radius 2 is 1.79 bits per heavy atom. The first-order valence-corrected chi connectivity index (χ1v) is 11.6. The minimum Gasteiger partial charge on any atom is -0.362 e. The first-order chi connectivity index (χ1) is 8.85. The molecule has 1 aliphatic rings. The predicted molar refractivity (Wildman–Crippen MR) is 82.6 cm³/mol. The molecular formula is C13H24NO3PSi. The number of dihydropyridines is 1. The van der Waals surface area contributed by atoms with Gasteiger partial charge < -0.3 is 14.4 Å². The van der Waals surface area contributed by atoms with E-state index in [0.717, 1.165) is 10.6 Å². The number of hydrogen-bond donors (Lipinski definition) is 1. The molecule has 0 fully saturated rings. The van der Waals surface area contributed by atoms with Gasteiger partial charge in [0.25, 0.3) is 0 Å².